The lowest BCUT2D eigenvalue weighted by molar-refractivity contribution is 0.0801. The Morgan fingerprint density at radius 2 is 1.22 bits per heavy atom. The zero-order valence-electron chi connectivity index (χ0n) is 22.1. The minimum atomic E-state index is -4.17. The number of carbonyl (C=O) groups excluding carboxylic acids is 1. The predicted molar refractivity (Wildman–Crippen MR) is 150 cm³/mol. The monoisotopic (exact) mass is 520 g/mol. The van der Waals surface area contributed by atoms with Gasteiger partial charge in [0.1, 0.15) is 0 Å². The second-order valence-electron chi connectivity index (χ2n) is 9.68. The normalized spacial score (nSPS) is 13.2. The van der Waals surface area contributed by atoms with Crippen LogP contribution in [0.3, 0.4) is 0 Å². The van der Waals surface area contributed by atoms with E-state index in [0.717, 1.165) is 12.8 Å². The smallest absolute Gasteiger partial charge is 0.291 e. The molecule has 198 valence electrons. The molecule has 0 radical (unpaired) electrons. The summed E-state index contributed by atoms with van der Waals surface area (Å²) in [5.74, 6) is 0.0351. The van der Waals surface area contributed by atoms with Crippen LogP contribution in [-0.4, -0.2) is 14.2 Å². The Hall–Kier alpha value is -2.76. The molecule has 0 saturated heterocycles. The molecule has 0 amide bonds. The van der Waals surface area contributed by atoms with E-state index in [9.17, 15) is 13.2 Å². The topological polar surface area (TPSA) is 60.4 Å². The van der Waals surface area contributed by atoms with Crippen LogP contribution in [0.15, 0.2) is 89.8 Å². The molecular formula is C32H40O4S. The van der Waals surface area contributed by atoms with E-state index in [4.69, 9.17) is 4.18 Å². The minimum Gasteiger partial charge on any atom is -0.291 e. The van der Waals surface area contributed by atoms with Crippen LogP contribution in [0.5, 0.6) is 0 Å². The lowest BCUT2D eigenvalue weighted by Crippen LogP contribution is -2.20. The first-order chi connectivity index (χ1) is 18.0. The van der Waals surface area contributed by atoms with Crippen LogP contribution >= 0.6 is 0 Å². The number of rotatable bonds is 16. The van der Waals surface area contributed by atoms with E-state index < -0.39 is 22.0 Å². The zero-order chi connectivity index (χ0) is 26.5. The number of unbranched alkanes of at least 4 members (excludes halogenated alkanes) is 5. The number of hydrogen-bond acceptors (Lipinski definition) is 4. The Bertz CT molecular complexity index is 1170. The standard InChI is InChI=1S/C32H40O4S/c1-3-5-7-11-17-26(16-10-6-4-2)27-22-24-30(25-23-27)37(34,35)36-32(29-20-14-9-15-21-29)31(33)28-18-12-8-13-19-28/h8-9,12-15,18-26,32H,3-7,10-11,16-17H2,1-2H3. The van der Waals surface area contributed by atoms with Crippen LogP contribution in [0.2, 0.25) is 0 Å². The van der Waals surface area contributed by atoms with Gasteiger partial charge in [-0.3, -0.25) is 4.79 Å². The molecule has 0 aliphatic carbocycles. The van der Waals surface area contributed by atoms with Crippen molar-refractivity contribution in [3.05, 3.63) is 102 Å². The van der Waals surface area contributed by atoms with Crippen molar-refractivity contribution in [2.45, 2.75) is 88.6 Å². The highest BCUT2D eigenvalue weighted by Crippen LogP contribution is 2.31. The van der Waals surface area contributed by atoms with Crippen molar-refractivity contribution in [1.29, 1.82) is 0 Å². The van der Waals surface area contributed by atoms with Gasteiger partial charge in [-0.2, -0.15) is 8.42 Å². The number of hydrogen-bond donors (Lipinski definition) is 0. The molecule has 3 aromatic carbocycles. The van der Waals surface area contributed by atoms with Gasteiger partial charge in [0.25, 0.3) is 10.1 Å². The largest absolute Gasteiger partial charge is 0.298 e. The van der Waals surface area contributed by atoms with E-state index in [1.54, 1.807) is 60.7 Å². The second kappa shape index (κ2) is 14.8. The van der Waals surface area contributed by atoms with Crippen molar-refractivity contribution in [2.75, 3.05) is 0 Å². The number of benzene rings is 3. The Kier molecular flexibility index (Phi) is 11.6. The van der Waals surface area contributed by atoms with Crippen LogP contribution in [0, 0.1) is 0 Å². The Balaban J connectivity index is 1.80. The highest BCUT2D eigenvalue weighted by atomic mass is 32.2. The van der Waals surface area contributed by atoms with Gasteiger partial charge in [0.05, 0.1) is 4.90 Å². The highest BCUT2D eigenvalue weighted by Gasteiger charge is 2.30. The molecule has 0 N–H and O–H groups in total. The van der Waals surface area contributed by atoms with Crippen LogP contribution < -0.4 is 0 Å². The van der Waals surface area contributed by atoms with E-state index in [-0.39, 0.29) is 4.90 Å². The molecule has 37 heavy (non-hydrogen) atoms. The fraction of sp³-hybridized carbons (Fsp3) is 0.406. The van der Waals surface area contributed by atoms with Gasteiger partial charge in [-0.15, -0.1) is 0 Å². The van der Waals surface area contributed by atoms with Crippen LogP contribution in [0.25, 0.3) is 0 Å². The molecule has 4 nitrogen and oxygen atoms in total. The van der Waals surface area contributed by atoms with Crippen LogP contribution in [0.4, 0.5) is 0 Å². The maximum Gasteiger partial charge on any atom is 0.298 e. The van der Waals surface area contributed by atoms with Gasteiger partial charge in [-0.05, 0) is 42.0 Å². The molecule has 0 saturated carbocycles. The molecule has 0 spiro atoms. The third-order valence-corrected chi connectivity index (χ3v) is 8.12. The van der Waals surface area contributed by atoms with E-state index in [1.807, 2.05) is 24.3 Å². The molecule has 0 aliphatic heterocycles. The quantitative estimate of drug-likeness (QED) is 0.108. The van der Waals surface area contributed by atoms with Gasteiger partial charge in [0, 0.05) is 5.56 Å². The first kappa shape index (κ1) is 28.8. The lowest BCUT2D eigenvalue weighted by Gasteiger charge is -2.19. The van der Waals surface area contributed by atoms with Gasteiger partial charge in [-0.1, -0.05) is 132 Å². The Morgan fingerprint density at radius 3 is 1.81 bits per heavy atom. The molecule has 3 rings (SSSR count). The second-order valence-corrected chi connectivity index (χ2v) is 11.3. The third kappa shape index (κ3) is 8.65. The molecular weight excluding hydrogens is 480 g/mol. The molecule has 0 fully saturated rings. The molecule has 0 aromatic heterocycles. The Morgan fingerprint density at radius 1 is 0.676 bits per heavy atom. The van der Waals surface area contributed by atoms with Crippen LogP contribution in [-0.2, 0) is 14.3 Å². The van der Waals surface area contributed by atoms with Crippen molar-refractivity contribution in [3.63, 3.8) is 0 Å². The summed E-state index contributed by atoms with van der Waals surface area (Å²) in [6.07, 6.45) is 9.43. The highest BCUT2D eigenvalue weighted by molar-refractivity contribution is 7.86. The molecule has 2 atom stereocenters. The zero-order valence-corrected chi connectivity index (χ0v) is 23.0. The maximum absolute atomic E-state index is 13.3. The van der Waals surface area contributed by atoms with E-state index in [1.165, 1.54) is 50.5 Å². The van der Waals surface area contributed by atoms with Gasteiger partial charge < -0.3 is 0 Å². The predicted octanol–water partition coefficient (Wildman–Crippen LogP) is 8.65. The molecule has 0 heterocycles. The molecule has 0 bridgehead atoms. The number of ketones is 1. The summed E-state index contributed by atoms with van der Waals surface area (Å²) >= 11 is 0. The van der Waals surface area contributed by atoms with Crippen LogP contribution in [0.1, 0.15) is 105 Å². The fourth-order valence-corrected chi connectivity index (χ4v) is 5.69. The van der Waals surface area contributed by atoms with Gasteiger partial charge >= 0.3 is 0 Å². The summed E-state index contributed by atoms with van der Waals surface area (Å²) in [7, 11) is -4.17. The first-order valence-corrected chi connectivity index (χ1v) is 15.0. The van der Waals surface area contributed by atoms with Crippen molar-refractivity contribution in [3.8, 4) is 0 Å². The van der Waals surface area contributed by atoms with Crippen molar-refractivity contribution in [2.24, 2.45) is 0 Å². The summed E-state index contributed by atoms with van der Waals surface area (Å²) < 4.78 is 32.2. The summed E-state index contributed by atoms with van der Waals surface area (Å²) in [4.78, 5) is 13.3. The summed E-state index contributed by atoms with van der Waals surface area (Å²) in [5, 5.41) is 0. The number of carbonyl (C=O) groups is 1. The average molecular weight is 521 g/mol. The lowest BCUT2D eigenvalue weighted by atomic mass is 9.88. The fourth-order valence-electron chi connectivity index (χ4n) is 4.66. The van der Waals surface area contributed by atoms with E-state index >= 15 is 0 Å². The average Bonchev–Trinajstić information content (AvgIpc) is 2.94. The summed E-state index contributed by atoms with van der Waals surface area (Å²) in [6, 6.07) is 24.5. The van der Waals surface area contributed by atoms with Crippen molar-refractivity contribution < 1.29 is 17.4 Å². The number of Topliss-reactive ketones (excluding diaryl/α,β-unsaturated/α-hetero) is 1. The Labute approximate surface area is 223 Å². The summed E-state index contributed by atoms with van der Waals surface area (Å²) in [6.45, 7) is 4.43. The molecule has 5 heteroatoms. The maximum atomic E-state index is 13.3. The van der Waals surface area contributed by atoms with E-state index in [0.29, 0.717) is 17.0 Å². The van der Waals surface area contributed by atoms with Crippen molar-refractivity contribution >= 4 is 15.9 Å². The van der Waals surface area contributed by atoms with Crippen molar-refractivity contribution in [1.82, 2.24) is 0 Å². The van der Waals surface area contributed by atoms with Gasteiger partial charge in [0.2, 0.25) is 0 Å². The first-order valence-electron chi connectivity index (χ1n) is 13.6. The van der Waals surface area contributed by atoms with Gasteiger partial charge in [0.15, 0.2) is 11.9 Å². The molecule has 3 aromatic rings. The van der Waals surface area contributed by atoms with Gasteiger partial charge in [-0.25, -0.2) is 4.18 Å². The summed E-state index contributed by atoms with van der Waals surface area (Å²) in [5.41, 5.74) is 2.08. The molecule has 0 aliphatic rings. The molecule has 2 unspecified atom stereocenters. The van der Waals surface area contributed by atoms with E-state index in [2.05, 4.69) is 13.8 Å². The SMILES string of the molecule is CCCCCCC(CCCCC)c1ccc(S(=O)(=O)OC(C(=O)c2ccccc2)c2ccccc2)cc1. The third-order valence-electron chi connectivity index (χ3n) is 6.82. The minimum absolute atomic E-state index is 0.0660.